The van der Waals surface area contributed by atoms with Gasteiger partial charge < -0.3 is 16.0 Å². The number of carbonyl (C=O) groups excluding carboxylic acids is 2. The molecule has 3 unspecified atom stereocenters. The second kappa shape index (κ2) is 8.25. The van der Waals surface area contributed by atoms with Crippen LogP contribution in [0.1, 0.15) is 42.5 Å². The average Bonchev–Trinajstić information content (AvgIpc) is 3.12. The number of fused-ring (bicyclic) bond motifs is 1. The van der Waals surface area contributed by atoms with E-state index in [4.69, 9.17) is 28.9 Å². The van der Waals surface area contributed by atoms with Gasteiger partial charge in [-0.25, -0.2) is 0 Å². The van der Waals surface area contributed by atoms with Gasteiger partial charge in [-0.15, -0.1) is 0 Å². The quantitative estimate of drug-likeness (QED) is 0.672. The fourth-order valence-corrected chi connectivity index (χ4v) is 5.09. The standard InChI is InChI=1S/C22H23Cl2N3O2/c23-16-11-15(12-17(24)20(16)25)26-21(28)19-10-14-8-4-5-9-18(14)27(19)22(29)13-6-2-1-3-7-13/h1-3,6-7,11-12,14,18-19H,4-5,8-10,25H2,(H,26,28). The van der Waals surface area contributed by atoms with E-state index in [-0.39, 0.29) is 33.6 Å². The van der Waals surface area contributed by atoms with Crippen LogP contribution in [0, 0.1) is 5.92 Å². The zero-order chi connectivity index (χ0) is 20.5. The number of hydrogen-bond donors (Lipinski definition) is 2. The first-order chi connectivity index (χ1) is 14.0. The van der Waals surface area contributed by atoms with E-state index >= 15 is 0 Å². The van der Waals surface area contributed by atoms with Crippen LogP contribution < -0.4 is 11.1 Å². The van der Waals surface area contributed by atoms with Crippen molar-refractivity contribution < 1.29 is 9.59 Å². The largest absolute Gasteiger partial charge is 0.396 e. The van der Waals surface area contributed by atoms with Gasteiger partial charge in [0.1, 0.15) is 6.04 Å². The summed E-state index contributed by atoms with van der Waals surface area (Å²) in [6.45, 7) is 0. The summed E-state index contributed by atoms with van der Waals surface area (Å²) in [5.74, 6) is 0.0415. The summed E-state index contributed by atoms with van der Waals surface area (Å²) in [4.78, 5) is 28.3. The molecule has 2 aromatic carbocycles. The molecule has 1 saturated heterocycles. The number of anilines is 2. The van der Waals surface area contributed by atoms with Crippen LogP contribution in [0.3, 0.4) is 0 Å². The number of nitrogen functional groups attached to an aromatic ring is 1. The predicted molar refractivity (Wildman–Crippen MR) is 116 cm³/mol. The highest BCUT2D eigenvalue weighted by Crippen LogP contribution is 2.41. The van der Waals surface area contributed by atoms with Crippen LogP contribution in [0.4, 0.5) is 11.4 Å². The van der Waals surface area contributed by atoms with E-state index in [0.717, 1.165) is 25.7 Å². The summed E-state index contributed by atoms with van der Waals surface area (Å²) in [6.07, 6.45) is 4.88. The van der Waals surface area contributed by atoms with Crippen LogP contribution in [0.5, 0.6) is 0 Å². The Bertz CT molecular complexity index is 912. The van der Waals surface area contributed by atoms with Gasteiger partial charge in [0.05, 0.1) is 15.7 Å². The monoisotopic (exact) mass is 431 g/mol. The number of carbonyl (C=O) groups is 2. The number of nitrogens with one attached hydrogen (secondary N) is 1. The number of amides is 2. The number of nitrogens with zero attached hydrogens (tertiary/aromatic N) is 1. The summed E-state index contributed by atoms with van der Waals surface area (Å²) in [6, 6.07) is 11.9. The van der Waals surface area contributed by atoms with E-state index in [1.54, 1.807) is 29.2 Å². The molecule has 0 radical (unpaired) electrons. The number of hydrogen-bond acceptors (Lipinski definition) is 3. The van der Waals surface area contributed by atoms with Crippen molar-refractivity contribution in [1.82, 2.24) is 4.90 Å². The Morgan fingerprint density at radius 2 is 1.69 bits per heavy atom. The molecule has 7 heteroatoms. The Morgan fingerprint density at radius 1 is 1.03 bits per heavy atom. The number of nitrogens with two attached hydrogens (primary N) is 1. The van der Waals surface area contributed by atoms with E-state index in [2.05, 4.69) is 5.32 Å². The molecule has 1 aliphatic carbocycles. The molecule has 2 aromatic rings. The first-order valence-electron chi connectivity index (χ1n) is 9.89. The summed E-state index contributed by atoms with van der Waals surface area (Å²) in [5, 5.41) is 3.45. The second-order valence-corrected chi connectivity index (χ2v) is 8.60. The molecule has 3 N–H and O–H groups in total. The minimum Gasteiger partial charge on any atom is -0.396 e. The van der Waals surface area contributed by atoms with Gasteiger partial charge in [-0.2, -0.15) is 0 Å². The van der Waals surface area contributed by atoms with Gasteiger partial charge in [-0.05, 0) is 49.4 Å². The molecular weight excluding hydrogens is 409 g/mol. The molecule has 3 atom stereocenters. The molecule has 0 bridgehead atoms. The van der Waals surface area contributed by atoms with E-state index in [9.17, 15) is 9.59 Å². The third-order valence-electron chi connectivity index (χ3n) is 5.99. The Kier molecular flexibility index (Phi) is 5.70. The Labute approximate surface area is 180 Å². The van der Waals surface area contributed by atoms with Crippen LogP contribution in [0.25, 0.3) is 0 Å². The third kappa shape index (κ3) is 3.94. The maximum atomic E-state index is 13.3. The topological polar surface area (TPSA) is 75.4 Å². The van der Waals surface area contributed by atoms with Crippen molar-refractivity contribution in [3.05, 3.63) is 58.1 Å². The predicted octanol–water partition coefficient (Wildman–Crippen LogP) is 4.99. The molecule has 0 spiro atoms. The highest BCUT2D eigenvalue weighted by Gasteiger charge is 2.47. The maximum Gasteiger partial charge on any atom is 0.254 e. The van der Waals surface area contributed by atoms with Crippen LogP contribution >= 0.6 is 23.2 Å². The molecule has 29 heavy (non-hydrogen) atoms. The lowest BCUT2D eigenvalue weighted by Gasteiger charge is -2.33. The SMILES string of the molecule is Nc1c(Cl)cc(NC(=O)C2CC3CCCCC3N2C(=O)c2ccccc2)cc1Cl. The lowest BCUT2D eigenvalue weighted by molar-refractivity contribution is -0.120. The van der Waals surface area contributed by atoms with Crippen molar-refractivity contribution in [2.45, 2.75) is 44.2 Å². The fraction of sp³-hybridized carbons (Fsp3) is 0.364. The van der Waals surface area contributed by atoms with Crippen LogP contribution in [0.15, 0.2) is 42.5 Å². The zero-order valence-electron chi connectivity index (χ0n) is 15.9. The average molecular weight is 432 g/mol. The van der Waals surface area contributed by atoms with Gasteiger partial charge in [0.15, 0.2) is 0 Å². The molecule has 4 rings (SSSR count). The zero-order valence-corrected chi connectivity index (χ0v) is 17.4. The van der Waals surface area contributed by atoms with Crippen LogP contribution in [-0.2, 0) is 4.79 Å². The summed E-state index contributed by atoms with van der Waals surface area (Å²) >= 11 is 12.2. The van der Waals surface area contributed by atoms with E-state index in [1.165, 1.54) is 0 Å². The van der Waals surface area contributed by atoms with E-state index < -0.39 is 6.04 Å². The second-order valence-electron chi connectivity index (χ2n) is 7.78. The molecule has 5 nitrogen and oxygen atoms in total. The number of likely N-dealkylation sites (tertiary alicyclic amines) is 1. The summed E-state index contributed by atoms with van der Waals surface area (Å²) < 4.78 is 0. The molecule has 1 aliphatic heterocycles. The molecule has 2 fully saturated rings. The van der Waals surface area contributed by atoms with E-state index in [0.29, 0.717) is 23.6 Å². The Morgan fingerprint density at radius 3 is 2.38 bits per heavy atom. The minimum atomic E-state index is -0.522. The number of benzene rings is 2. The van der Waals surface area contributed by atoms with Crippen molar-refractivity contribution >= 4 is 46.4 Å². The van der Waals surface area contributed by atoms with E-state index in [1.807, 2.05) is 18.2 Å². The van der Waals surface area contributed by atoms with Crippen molar-refractivity contribution in [2.75, 3.05) is 11.1 Å². The molecular formula is C22H23Cl2N3O2. The molecule has 2 amide bonds. The number of halogens is 2. The first-order valence-corrected chi connectivity index (χ1v) is 10.6. The molecule has 1 saturated carbocycles. The van der Waals surface area contributed by atoms with Crippen molar-refractivity contribution in [2.24, 2.45) is 5.92 Å². The van der Waals surface area contributed by atoms with Crippen molar-refractivity contribution in [3.8, 4) is 0 Å². The molecule has 152 valence electrons. The first kappa shape index (κ1) is 20.0. The lowest BCUT2D eigenvalue weighted by atomic mass is 9.84. The highest BCUT2D eigenvalue weighted by atomic mass is 35.5. The van der Waals surface area contributed by atoms with Gasteiger partial charge in [0, 0.05) is 17.3 Å². The van der Waals surface area contributed by atoms with Crippen molar-refractivity contribution in [1.29, 1.82) is 0 Å². The molecule has 0 aromatic heterocycles. The van der Waals surface area contributed by atoms with Gasteiger partial charge in [-0.3, -0.25) is 9.59 Å². The van der Waals surface area contributed by atoms with Crippen LogP contribution in [-0.4, -0.2) is 28.8 Å². The smallest absolute Gasteiger partial charge is 0.254 e. The highest BCUT2D eigenvalue weighted by molar-refractivity contribution is 6.39. The summed E-state index contributed by atoms with van der Waals surface area (Å²) in [7, 11) is 0. The van der Waals surface area contributed by atoms with Gasteiger partial charge in [0.25, 0.3) is 5.91 Å². The Hall–Kier alpha value is -2.24. The van der Waals surface area contributed by atoms with Crippen molar-refractivity contribution in [3.63, 3.8) is 0 Å². The van der Waals surface area contributed by atoms with Gasteiger partial charge in [0.2, 0.25) is 5.91 Å². The fourth-order valence-electron chi connectivity index (χ4n) is 4.60. The van der Waals surface area contributed by atoms with Gasteiger partial charge in [-0.1, -0.05) is 54.2 Å². The third-order valence-corrected chi connectivity index (χ3v) is 6.62. The van der Waals surface area contributed by atoms with Gasteiger partial charge >= 0.3 is 0 Å². The normalized spacial score (nSPS) is 23.5. The summed E-state index contributed by atoms with van der Waals surface area (Å²) in [5.41, 5.74) is 7.14. The van der Waals surface area contributed by atoms with Crippen LogP contribution in [0.2, 0.25) is 10.0 Å². The number of rotatable bonds is 3. The lowest BCUT2D eigenvalue weighted by Crippen LogP contribution is -2.47. The maximum absolute atomic E-state index is 13.3. The minimum absolute atomic E-state index is 0.0893. The Balaban J connectivity index is 1.61. The molecule has 2 aliphatic rings. The molecule has 1 heterocycles.